The zero-order valence-corrected chi connectivity index (χ0v) is 25.1. The first-order chi connectivity index (χ1) is 22.3. The summed E-state index contributed by atoms with van der Waals surface area (Å²) in [5.74, 6) is 3.51. The highest BCUT2D eigenvalue weighted by Crippen LogP contribution is 2.54. The number of pyridine rings is 1. The first-order valence-electron chi connectivity index (χ1n) is 15.0. The third-order valence-electron chi connectivity index (χ3n) is 8.48. The molecule has 9 rings (SSSR count). The molecule has 6 aromatic carbocycles. The highest BCUT2D eigenvalue weighted by Gasteiger charge is 2.37. The van der Waals surface area contributed by atoms with Gasteiger partial charge in [0, 0.05) is 30.3 Å². The van der Waals surface area contributed by atoms with Crippen LogP contribution in [0.1, 0.15) is 0 Å². The number of nitrogens with zero attached hydrogens (tertiary/aromatic N) is 1. The van der Waals surface area contributed by atoms with Gasteiger partial charge in [-0.15, -0.1) is 0 Å². The summed E-state index contributed by atoms with van der Waals surface area (Å²) in [6.07, 6.45) is 1.83. The number of benzene rings is 6. The van der Waals surface area contributed by atoms with E-state index in [9.17, 15) is 0 Å². The van der Waals surface area contributed by atoms with Crippen molar-refractivity contribution in [3.05, 3.63) is 158 Å². The molecule has 7 aromatic rings. The van der Waals surface area contributed by atoms with E-state index in [1.807, 2.05) is 36.5 Å². The van der Waals surface area contributed by atoms with E-state index in [-0.39, 0.29) is 0 Å². The Balaban J connectivity index is 1.22. The summed E-state index contributed by atoms with van der Waals surface area (Å²) in [5, 5.41) is 3.55. The normalized spacial score (nSPS) is 12.7. The molecule has 212 valence electrons. The maximum atomic E-state index is 6.80. The Hall–Kier alpha value is -5.50. The molecular weight excluding hydrogens is 569 g/mol. The molecule has 4 heteroatoms. The van der Waals surface area contributed by atoms with Crippen molar-refractivity contribution in [1.82, 2.24) is 4.98 Å². The van der Waals surface area contributed by atoms with Crippen LogP contribution in [0.25, 0.3) is 44.6 Å². The Morgan fingerprint density at radius 2 is 0.889 bits per heavy atom. The number of ether oxygens (including phenoxy) is 2. The molecule has 0 atom stereocenters. The van der Waals surface area contributed by atoms with Crippen LogP contribution in [0.4, 0.5) is 0 Å². The number of hydrogen-bond acceptors (Lipinski definition) is 3. The second-order valence-electron chi connectivity index (χ2n) is 11.3. The zero-order chi connectivity index (χ0) is 29.7. The van der Waals surface area contributed by atoms with Crippen LogP contribution in [-0.2, 0) is 0 Å². The van der Waals surface area contributed by atoms with Crippen LogP contribution >= 0.6 is 7.92 Å². The minimum atomic E-state index is -0.897. The lowest BCUT2D eigenvalue weighted by Crippen LogP contribution is -2.32. The second kappa shape index (κ2) is 10.6. The number of fused-ring (bicyclic) bond motifs is 4. The summed E-state index contributed by atoms with van der Waals surface area (Å²) in [4.78, 5) is 4.58. The van der Waals surface area contributed by atoms with E-state index in [0.717, 1.165) is 61.8 Å². The molecule has 45 heavy (non-hydrogen) atoms. The molecule has 0 spiro atoms. The first kappa shape index (κ1) is 25.9. The SMILES string of the molecule is c1ccc(-c2ccc3c(c2)Oc2cc(-c4cccc(-c5ccccn5)c4)cc4c2P3c2ccc(-c3ccccc3)cc2O4)cc1. The van der Waals surface area contributed by atoms with Crippen molar-refractivity contribution in [2.24, 2.45) is 0 Å². The smallest absolute Gasteiger partial charge is 0.140 e. The summed E-state index contributed by atoms with van der Waals surface area (Å²) in [6, 6.07) is 53.2. The Kier molecular flexibility index (Phi) is 6.11. The summed E-state index contributed by atoms with van der Waals surface area (Å²) < 4.78 is 13.6. The molecule has 2 aliphatic rings. The van der Waals surface area contributed by atoms with Crippen LogP contribution in [0.2, 0.25) is 0 Å². The van der Waals surface area contributed by atoms with Crippen LogP contribution in [0, 0.1) is 0 Å². The molecule has 0 unspecified atom stereocenters. The Labute approximate surface area is 263 Å². The maximum Gasteiger partial charge on any atom is 0.140 e. The van der Waals surface area contributed by atoms with Crippen molar-refractivity contribution in [2.45, 2.75) is 0 Å². The molecule has 0 fully saturated rings. The fraction of sp³-hybridized carbons (Fsp3) is 0. The fourth-order valence-electron chi connectivity index (χ4n) is 6.31. The fourth-order valence-corrected chi connectivity index (χ4v) is 8.82. The van der Waals surface area contributed by atoms with Crippen LogP contribution in [0.15, 0.2) is 158 Å². The summed E-state index contributed by atoms with van der Waals surface area (Å²) >= 11 is 0. The van der Waals surface area contributed by atoms with Gasteiger partial charge in [-0.2, -0.15) is 0 Å². The van der Waals surface area contributed by atoms with E-state index in [4.69, 9.17) is 9.47 Å². The zero-order valence-electron chi connectivity index (χ0n) is 24.2. The molecule has 0 aliphatic carbocycles. The molecular formula is C41H26NO2P. The molecule has 0 N–H and O–H groups in total. The predicted molar refractivity (Wildman–Crippen MR) is 185 cm³/mol. The van der Waals surface area contributed by atoms with Gasteiger partial charge >= 0.3 is 0 Å². The monoisotopic (exact) mass is 595 g/mol. The van der Waals surface area contributed by atoms with Gasteiger partial charge in [-0.05, 0) is 88.0 Å². The minimum Gasteiger partial charge on any atom is -0.456 e. The molecule has 2 aliphatic heterocycles. The lowest BCUT2D eigenvalue weighted by molar-refractivity contribution is 0.467. The van der Waals surface area contributed by atoms with Gasteiger partial charge in [0.1, 0.15) is 23.0 Å². The largest absolute Gasteiger partial charge is 0.456 e. The van der Waals surface area contributed by atoms with E-state index in [0.29, 0.717) is 0 Å². The van der Waals surface area contributed by atoms with Gasteiger partial charge < -0.3 is 9.47 Å². The van der Waals surface area contributed by atoms with Gasteiger partial charge in [-0.1, -0.05) is 97.1 Å². The van der Waals surface area contributed by atoms with Crippen molar-refractivity contribution in [3.63, 3.8) is 0 Å². The molecule has 3 heterocycles. The highest BCUT2D eigenvalue weighted by atomic mass is 31.1. The Morgan fingerprint density at radius 3 is 1.47 bits per heavy atom. The topological polar surface area (TPSA) is 31.4 Å². The summed E-state index contributed by atoms with van der Waals surface area (Å²) in [5.41, 5.74) is 8.76. The molecule has 1 aromatic heterocycles. The van der Waals surface area contributed by atoms with Gasteiger partial charge in [0.2, 0.25) is 0 Å². The first-order valence-corrected chi connectivity index (χ1v) is 16.4. The predicted octanol–water partition coefficient (Wildman–Crippen LogP) is 9.72. The third-order valence-corrected chi connectivity index (χ3v) is 11.1. The van der Waals surface area contributed by atoms with Crippen molar-refractivity contribution in [2.75, 3.05) is 0 Å². The average molecular weight is 596 g/mol. The Bertz CT molecular complexity index is 2100. The number of rotatable bonds is 4. The van der Waals surface area contributed by atoms with E-state index in [1.54, 1.807) is 0 Å². The molecule has 3 nitrogen and oxygen atoms in total. The van der Waals surface area contributed by atoms with Gasteiger partial charge in [-0.25, -0.2) is 0 Å². The summed E-state index contributed by atoms with van der Waals surface area (Å²) in [6.45, 7) is 0. The van der Waals surface area contributed by atoms with Crippen LogP contribution < -0.4 is 25.4 Å². The maximum absolute atomic E-state index is 6.80. The van der Waals surface area contributed by atoms with Gasteiger partial charge in [0.15, 0.2) is 0 Å². The lowest BCUT2D eigenvalue weighted by atomic mass is 10.0. The Morgan fingerprint density at radius 1 is 0.378 bits per heavy atom. The highest BCUT2D eigenvalue weighted by molar-refractivity contribution is 7.80. The van der Waals surface area contributed by atoms with Crippen molar-refractivity contribution >= 4 is 23.8 Å². The van der Waals surface area contributed by atoms with Crippen LogP contribution in [-0.4, -0.2) is 4.98 Å². The molecule has 0 saturated heterocycles. The van der Waals surface area contributed by atoms with E-state index < -0.39 is 7.92 Å². The van der Waals surface area contributed by atoms with Gasteiger partial charge in [-0.3, -0.25) is 4.98 Å². The molecule has 0 saturated carbocycles. The van der Waals surface area contributed by atoms with Crippen molar-refractivity contribution in [3.8, 4) is 67.6 Å². The van der Waals surface area contributed by atoms with Crippen LogP contribution in [0.5, 0.6) is 23.0 Å². The molecule has 0 radical (unpaired) electrons. The quantitative estimate of drug-likeness (QED) is 0.190. The van der Waals surface area contributed by atoms with E-state index >= 15 is 0 Å². The standard InChI is InChI=1S/C41H26NO2P/c1-3-10-27(11-4-1)30-17-19-39-35(23-30)43-37-25-33(29-14-9-15-32(22-29)34-16-7-8-21-42-34)26-38-41(37)45(39)40-20-18-31(24-36(40)44-38)28-12-5-2-6-13-28/h1-26H. The third kappa shape index (κ3) is 4.52. The van der Waals surface area contributed by atoms with Crippen molar-refractivity contribution < 1.29 is 9.47 Å². The molecule has 0 bridgehead atoms. The average Bonchev–Trinajstić information content (AvgIpc) is 3.12. The van der Waals surface area contributed by atoms with Crippen LogP contribution in [0.3, 0.4) is 0 Å². The minimum absolute atomic E-state index is 0.854. The number of hydrogen-bond donors (Lipinski definition) is 0. The summed E-state index contributed by atoms with van der Waals surface area (Å²) in [7, 11) is -0.897. The lowest BCUT2D eigenvalue weighted by Gasteiger charge is -2.35. The van der Waals surface area contributed by atoms with Gasteiger partial charge in [0.25, 0.3) is 0 Å². The second-order valence-corrected chi connectivity index (χ2v) is 13.3. The van der Waals surface area contributed by atoms with Crippen molar-refractivity contribution in [1.29, 1.82) is 0 Å². The molecule has 0 amide bonds. The van der Waals surface area contributed by atoms with E-state index in [2.05, 4.69) is 126 Å². The van der Waals surface area contributed by atoms with Gasteiger partial charge in [0.05, 0.1) is 11.0 Å². The van der Waals surface area contributed by atoms with E-state index in [1.165, 1.54) is 21.7 Å². The number of aromatic nitrogens is 1.